The zero-order valence-electron chi connectivity index (χ0n) is 17.8. The topological polar surface area (TPSA) is 23.3 Å². The Balaban J connectivity index is 2.26. The Hall–Kier alpha value is -2.58. The fourth-order valence-corrected chi connectivity index (χ4v) is 3.12. The zero-order valence-corrected chi connectivity index (χ0v) is 17.8. The second-order valence-electron chi connectivity index (χ2n) is 9.20. The summed E-state index contributed by atoms with van der Waals surface area (Å²) in [4.78, 5) is 5.88. The van der Waals surface area contributed by atoms with Crippen LogP contribution >= 0.6 is 0 Å². The van der Waals surface area contributed by atoms with E-state index in [4.69, 9.17) is 4.84 Å². The van der Waals surface area contributed by atoms with Gasteiger partial charge in [0.15, 0.2) is 0 Å². The maximum Gasteiger partial charge on any atom is 0.102 e. The Bertz CT molecular complexity index is 916. The molecule has 3 rings (SSSR count). The van der Waals surface area contributed by atoms with E-state index < -0.39 is 0 Å². The molecule has 0 bridgehead atoms. The molecule has 145 valence electrons. The molecule has 3 aromatic rings. The van der Waals surface area contributed by atoms with Crippen LogP contribution < -0.4 is 5.48 Å². The highest BCUT2D eigenvalue weighted by molar-refractivity contribution is 5.84. The summed E-state index contributed by atoms with van der Waals surface area (Å²) in [5.41, 5.74) is 11.0. The van der Waals surface area contributed by atoms with Crippen molar-refractivity contribution in [3.8, 4) is 22.3 Å². The van der Waals surface area contributed by atoms with Crippen molar-refractivity contribution in [3.63, 3.8) is 0 Å². The Morgan fingerprint density at radius 2 is 1.18 bits per heavy atom. The normalized spacial score (nSPS) is 12.1. The molecule has 28 heavy (non-hydrogen) atoms. The average molecular weight is 373 g/mol. The maximum absolute atomic E-state index is 5.88. The third-order valence-corrected chi connectivity index (χ3v) is 4.52. The highest BCUT2D eigenvalue weighted by Crippen LogP contribution is 2.41. The molecule has 0 aromatic heterocycles. The van der Waals surface area contributed by atoms with Gasteiger partial charge in [0.1, 0.15) is 5.69 Å². The molecular formula is C26H30NO. The highest BCUT2D eigenvalue weighted by atomic mass is 16.7. The van der Waals surface area contributed by atoms with Crippen LogP contribution in [0.15, 0.2) is 72.8 Å². The number of hydrogen-bond donors (Lipinski definition) is 0. The summed E-state index contributed by atoms with van der Waals surface area (Å²) in [6, 6.07) is 25.4. The lowest BCUT2D eigenvalue weighted by molar-refractivity contribution is -0.0548. The van der Waals surface area contributed by atoms with Crippen LogP contribution in [0.3, 0.4) is 0 Å². The van der Waals surface area contributed by atoms with E-state index in [-0.39, 0.29) is 11.0 Å². The predicted octanol–water partition coefficient (Wildman–Crippen LogP) is 7.28. The van der Waals surface area contributed by atoms with Crippen molar-refractivity contribution in [3.05, 3.63) is 78.4 Å². The van der Waals surface area contributed by atoms with Crippen molar-refractivity contribution in [2.24, 2.45) is 0 Å². The van der Waals surface area contributed by atoms with Gasteiger partial charge < -0.3 is 0 Å². The fraction of sp³-hybridized carbons (Fsp3) is 0.308. The molecule has 0 aliphatic carbocycles. The van der Waals surface area contributed by atoms with E-state index in [2.05, 4.69) is 86.9 Å². The Labute approximate surface area is 169 Å². The Kier molecular flexibility index (Phi) is 5.62. The highest BCUT2D eigenvalue weighted by Gasteiger charge is 2.25. The van der Waals surface area contributed by atoms with E-state index in [0.29, 0.717) is 0 Å². The van der Waals surface area contributed by atoms with Gasteiger partial charge in [-0.05, 0) is 60.6 Å². The molecule has 0 heterocycles. The van der Waals surface area contributed by atoms with Gasteiger partial charge in [0, 0.05) is 5.56 Å². The lowest BCUT2D eigenvalue weighted by Gasteiger charge is -2.27. The molecule has 0 saturated carbocycles. The molecule has 0 aliphatic rings. The van der Waals surface area contributed by atoms with E-state index >= 15 is 0 Å². The van der Waals surface area contributed by atoms with Crippen LogP contribution in [0.5, 0.6) is 0 Å². The molecule has 0 aliphatic heterocycles. The second-order valence-corrected chi connectivity index (χ2v) is 9.20. The molecule has 1 radical (unpaired) electrons. The van der Waals surface area contributed by atoms with E-state index in [1.807, 2.05) is 32.9 Å². The van der Waals surface area contributed by atoms with Crippen molar-refractivity contribution in [2.75, 3.05) is 0 Å². The van der Waals surface area contributed by atoms with Crippen LogP contribution in [-0.2, 0) is 10.3 Å². The van der Waals surface area contributed by atoms with Crippen molar-refractivity contribution < 1.29 is 4.84 Å². The molecule has 2 heteroatoms. The lowest BCUT2D eigenvalue weighted by Crippen LogP contribution is -2.24. The van der Waals surface area contributed by atoms with Gasteiger partial charge in [-0.15, -0.1) is 5.48 Å². The third kappa shape index (κ3) is 4.82. The van der Waals surface area contributed by atoms with E-state index in [9.17, 15) is 0 Å². The van der Waals surface area contributed by atoms with Gasteiger partial charge in [-0.25, -0.2) is 4.84 Å². The Morgan fingerprint density at radius 3 is 1.68 bits per heavy atom. The maximum atomic E-state index is 5.88. The van der Waals surface area contributed by atoms with E-state index in [1.165, 1.54) is 16.7 Å². The van der Waals surface area contributed by atoms with Gasteiger partial charge in [-0.3, -0.25) is 0 Å². The number of hydrogen-bond acceptors (Lipinski definition) is 1. The number of rotatable bonds is 4. The van der Waals surface area contributed by atoms with Crippen LogP contribution in [0.1, 0.15) is 47.1 Å². The summed E-state index contributed by atoms with van der Waals surface area (Å²) in [6.07, 6.45) is 0. The first-order valence-electron chi connectivity index (χ1n) is 9.84. The van der Waals surface area contributed by atoms with Crippen molar-refractivity contribution in [1.82, 2.24) is 5.48 Å². The minimum atomic E-state index is -0.346. The van der Waals surface area contributed by atoms with E-state index in [1.54, 1.807) is 0 Å². The van der Waals surface area contributed by atoms with Gasteiger partial charge in [0.2, 0.25) is 0 Å². The summed E-state index contributed by atoms with van der Waals surface area (Å²) in [7, 11) is 0. The number of benzene rings is 3. The molecule has 0 amide bonds. The van der Waals surface area contributed by atoms with Gasteiger partial charge in [-0.2, -0.15) is 0 Å². The smallest absolute Gasteiger partial charge is 0.102 e. The molecule has 0 spiro atoms. The molecule has 0 fully saturated rings. The molecule has 0 saturated heterocycles. The lowest BCUT2D eigenvalue weighted by atomic mass is 9.81. The van der Waals surface area contributed by atoms with Crippen LogP contribution in [0.2, 0.25) is 0 Å². The van der Waals surface area contributed by atoms with E-state index in [0.717, 1.165) is 16.8 Å². The molecule has 0 N–H and O–H groups in total. The first-order valence-corrected chi connectivity index (χ1v) is 9.84. The summed E-state index contributed by atoms with van der Waals surface area (Å²) in [5.74, 6) is 0. The average Bonchev–Trinajstić information content (AvgIpc) is 2.66. The van der Waals surface area contributed by atoms with Crippen LogP contribution in [0.4, 0.5) is 5.69 Å². The van der Waals surface area contributed by atoms with Gasteiger partial charge in [0.05, 0.1) is 5.60 Å². The van der Waals surface area contributed by atoms with Crippen molar-refractivity contribution in [1.29, 1.82) is 0 Å². The quantitative estimate of drug-likeness (QED) is 0.441. The van der Waals surface area contributed by atoms with Crippen LogP contribution in [0.25, 0.3) is 22.3 Å². The SMILES string of the molecule is CC(C)(C)O[N]c1c(-c2ccccc2)cc(-c2ccccc2)cc1C(C)(C)C. The van der Waals surface area contributed by atoms with Crippen LogP contribution in [0, 0.1) is 0 Å². The van der Waals surface area contributed by atoms with Gasteiger partial charge in [-0.1, -0.05) is 81.4 Å². The molecule has 2 nitrogen and oxygen atoms in total. The monoisotopic (exact) mass is 372 g/mol. The van der Waals surface area contributed by atoms with Gasteiger partial charge >= 0.3 is 0 Å². The molecule has 0 unspecified atom stereocenters. The minimum Gasteiger partial charge on any atom is -0.246 e. The third-order valence-electron chi connectivity index (χ3n) is 4.52. The van der Waals surface area contributed by atoms with Crippen molar-refractivity contribution in [2.45, 2.75) is 52.6 Å². The minimum absolute atomic E-state index is 0.0750. The van der Waals surface area contributed by atoms with Crippen LogP contribution in [-0.4, -0.2) is 5.60 Å². The molecule has 0 atom stereocenters. The first kappa shape index (κ1) is 20.2. The molecular weight excluding hydrogens is 342 g/mol. The second kappa shape index (κ2) is 7.81. The van der Waals surface area contributed by atoms with Gasteiger partial charge in [0.25, 0.3) is 0 Å². The predicted molar refractivity (Wildman–Crippen MR) is 119 cm³/mol. The molecule has 3 aromatic carbocycles. The number of nitrogens with zero attached hydrogens (tertiary/aromatic N) is 1. The summed E-state index contributed by atoms with van der Waals surface area (Å²) >= 11 is 0. The fourth-order valence-electron chi connectivity index (χ4n) is 3.12. The largest absolute Gasteiger partial charge is 0.246 e. The van der Waals surface area contributed by atoms with Crippen molar-refractivity contribution >= 4 is 5.69 Å². The summed E-state index contributed by atoms with van der Waals surface area (Å²) < 4.78 is 0. The zero-order chi connectivity index (χ0) is 20.4. The standard InChI is InChI=1S/C26H30NO/c1-25(2,3)23-18-21(19-13-9-7-10-14-19)17-22(20-15-11-8-12-16-20)24(23)27-28-26(4,5)6/h7-18H,1-6H3. The summed E-state index contributed by atoms with van der Waals surface area (Å²) in [5, 5.41) is 0. The Morgan fingerprint density at radius 1 is 0.643 bits per heavy atom. The summed E-state index contributed by atoms with van der Waals surface area (Å²) in [6.45, 7) is 12.7. The first-order chi connectivity index (χ1) is 13.1.